The molecule has 14 heavy (non-hydrogen) atoms. The van der Waals surface area contributed by atoms with Gasteiger partial charge in [0.1, 0.15) is 0 Å². The van der Waals surface area contributed by atoms with Crippen LogP contribution in [0, 0.1) is 12.8 Å². The molecule has 0 aromatic heterocycles. The van der Waals surface area contributed by atoms with Crippen molar-refractivity contribution in [1.29, 1.82) is 0 Å². The van der Waals surface area contributed by atoms with Crippen LogP contribution in [0.2, 0.25) is 0 Å². The largest absolute Gasteiger partial charge is 0.369 e. The molecule has 0 saturated heterocycles. The number of rotatable bonds is 4. The summed E-state index contributed by atoms with van der Waals surface area (Å²) in [6, 6.07) is 8.23. The molecule has 0 spiro atoms. The van der Waals surface area contributed by atoms with Crippen molar-refractivity contribution >= 4 is 5.91 Å². The number of hydrogen-bond acceptors (Lipinski definition) is 1. The first-order valence-corrected chi connectivity index (χ1v) is 4.98. The maximum atomic E-state index is 11.0. The van der Waals surface area contributed by atoms with Crippen molar-refractivity contribution in [2.45, 2.75) is 26.7 Å². The third-order valence-electron chi connectivity index (χ3n) is 2.50. The number of benzene rings is 1. The van der Waals surface area contributed by atoms with Crippen LogP contribution in [0.15, 0.2) is 24.3 Å². The molecule has 0 bridgehead atoms. The fourth-order valence-electron chi connectivity index (χ4n) is 1.45. The van der Waals surface area contributed by atoms with E-state index < -0.39 is 0 Å². The minimum Gasteiger partial charge on any atom is -0.369 e. The molecule has 1 amide bonds. The summed E-state index contributed by atoms with van der Waals surface area (Å²) >= 11 is 0. The molecule has 1 atom stereocenters. The molecule has 0 aliphatic rings. The van der Waals surface area contributed by atoms with Gasteiger partial charge in [-0.1, -0.05) is 36.8 Å². The van der Waals surface area contributed by atoms with Gasteiger partial charge in [-0.25, -0.2) is 0 Å². The summed E-state index contributed by atoms with van der Waals surface area (Å²) in [7, 11) is 0. The molecule has 1 unspecified atom stereocenters. The Labute approximate surface area is 85.1 Å². The van der Waals surface area contributed by atoms with Gasteiger partial charge in [-0.15, -0.1) is 0 Å². The first kappa shape index (κ1) is 10.8. The summed E-state index contributed by atoms with van der Waals surface area (Å²) in [6.45, 7) is 4.04. The van der Waals surface area contributed by atoms with Crippen molar-refractivity contribution < 1.29 is 4.79 Å². The van der Waals surface area contributed by atoms with E-state index in [-0.39, 0.29) is 11.8 Å². The molecule has 0 aliphatic heterocycles. The minimum atomic E-state index is -0.201. The first-order chi connectivity index (χ1) is 6.63. The highest BCUT2D eigenvalue weighted by Crippen LogP contribution is 2.12. The van der Waals surface area contributed by atoms with Gasteiger partial charge in [0.25, 0.3) is 0 Å². The smallest absolute Gasteiger partial charge is 0.220 e. The van der Waals surface area contributed by atoms with Crippen LogP contribution in [-0.2, 0) is 11.2 Å². The standard InChI is InChI=1S/C12H17NO/c1-3-11(12(13)14)8-10-6-4-9(2)5-7-10/h4-7,11H,3,8H2,1-2H3,(H2,13,14). The van der Waals surface area contributed by atoms with E-state index in [1.807, 2.05) is 6.92 Å². The van der Waals surface area contributed by atoms with Crippen LogP contribution in [-0.4, -0.2) is 5.91 Å². The third-order valence-corrected chi connectivity index (χ3v) is 2.50. The quantitative estimate of drug-likeness (QED) is 0.777. The predicted octanol–water partition coefficient (Wildman–Crippen LogP) is 2.05. The molecule has 0 radical (unpaired) electrons. The lowest BCUT2D eigenvalue weighted by molar-refractivity contribution is -0.121. The second kappa shape index (κ2) is 4.80. The predicted molar refractivity (Wildman–Crippen MR) is 57.9 cm³/mol. The number of aryl methyl sites for hydroxylation is 1. The number of carbonyl (C=O) groups excluding carboxylic acids is 1. The van der Waals surface area contributed by atoms with Crippen LogP contribution in [0.5, 0.6) is 0 Å². The monoisotopic (exact) mass is 191 g/mol. The Balaban J connectivity index is 2.67. The zero-order valence-corrected chi connectivity index (χ0v) is 8.79. The molecular formula is C12H17NO. The van der Waals surface area contributed by atoms with Crippen molar-refractivity contribution in [1.82, 2.24) is 0 Å². The van der Waals surface area contributed by atoms with Crippen molar-refractivity contribution in [2.75, 3.05) is 0 Å². The van der Waals surface area contributed by atoms with Gasteiger partial charge < -0.3 is 5.73 Å². The average molecular weight is 191 g/mol. The highest BCUT2D eigenvalue weighted by atomic mass is 16.1. The normalized spacial score (nSPS) is 12.4. The Morgan fingerprint density at radius 2 is 1.93 bits per heavy atom. The molecule has 2 N–H and O–H groups in total. The number of primary amides is 1. The van der Waals surface area contributed by atoms with Gasteiger partial charge in [-0.2, -0.15) is 0 Å². The van der Waals surface area contributed by atoms with Gasteiger partial charge in [0.15, 0.2) is 0 Å². The molecule has 2 nitrogen and oxygen atoms in total. The third kappa shape index (κ3) is 2.87. The Kier molecular flexibility index (Phi) is 3.69. The van der Waals surface area contributed by atoms with Crippen LogP contribution in [0.25, 0.3) is 0 Å². The summed E-state index contributed by atoms with van der Waals surface area (Å²) in [6.07, 6.45) is 1.56. The molecular weight excluding hydrogens is 174 g/mol. The van der Waals surface area contributed by atoms with Crippen molar-refractivity contribution in [3.05, 3.63) is 35.4 Å². The van der Waals surface area contributed by atoms with Crippen LogP contribution in [0.4, 0.5) is 0 Å². The van der Waals surface area contributed by atoms with Gasteiger partial charge in [-0.3, -0.25) is 4.79 Å². The van der Waals surface area contributed by atoms with Gasteiger partial charge in [0.05, 0.1) is 0 Å². The maximum Gasteiger partial charge on any atom is 0.220 e. The minimum absolute atomic E-state index is 0.0299. The molecule has 0 aliphatic carbocycles. The average Bonchev–Trinajstić information content (AvgIpc) is 2.16. The van der Waals surface area contributed by atoms with E-state index in [9.17, 15) is 4.79 Å². The molecule has 1 rings (SSSR count). The maximum absolute atomic E-state index is 11.0. The Hall–Kier alpha value is -1.31. The highest BCUT2D eigenvalue weighted by molar-refractivity contribution is 5.76. The van der Waals surface area contributed by atoms with E-state index in [0.717, 1.165) is 12.8 Å². The SMILES string of the molecule is CCC(Cc1ccc(C)cc1)C(N)=O. The summed E-state index contributed by atoms with van der Waals surface area (Å²) in [5.74, 6) is -0.231. The summed E-state index contributed by atoms with van der Waals surface area (Å²) in [5, 5.41) is 0. The van der Waals surface area contributed by atoms with E-state index in [1.54, 1.807) is 0 Å². The summed E-state index contributed by atoms with van der Waals surface area (Å²) < 4.78 is 0. The Morgan fingerprint density at radius 1 is 1.36 bits per heavy atom. The van der Waals surface area contributed by atoms with Gasteiger partial charge in [0.2, 0.25) is 5.91 Å². The topological polar surface area (TPSA) is 43.1 Å². The van der Waals surface area contributed by atoms with E-state index in [2.05, 4.69) is 31.2 Å². The summed E-state index contributed by atoms with van der Waals surface area (Å²) in [4.78, 5) is 11.0. The number of amides is 1. The van der Waals surface area contributed by atoms with E-state index >= 15 is 0 Å². The highest BCUT2D eigenvalue weighted by Gasteiger charge is 2.12. The lowest BCUT2D eigenvalue weighted by atomic mass is 9.96. The molecule has 1 aromatic carbocycles. The number of carbonyl (C=O) groups is 1. The molecule has 0 fully saturated rings. The molecule has 0 heterocycles. The van der Waals surface area contributed by atoms with E-state index in [0.29, 0.717) is 0 Å². The van der Waals surface area contributed by atoms with Crippen LogP contribution in [0.1, 0.15) is 24.5 Å². The second-order valence-electron chi connectivity index (χ2n) is 3.70. The van der Waals surface area contributed by atoms with Gasteiger partial charge >= 0.3 is 0 Å². The number of nitrogens with two attached hydrogens (primary N) is 1. The fourth-order valence-corrected chi connectivity index (χ4v) is 1.45. The summed E-state index contributed by atoms with van der Waals surface area (Å²) in [5.41, 5.74) is 7.70. The van der Waals surface area contributed by atoms with Crippen LogP contribution < -0.4 is 5.73 Å². The molecule has 2 heteroatoms. The second-order valence-corrected chi connectivity index (χ2v) is 3.70. The molecule has 76 valence electrons. The Bertz CT molecular complexity index is 303. The van der Waals surface area contributed by atoms with Gasteiger partial charge in [-0.05, 0) is 25.3 Å². The Morgan fingerprint density at radius 3 is 2.36 bits per heavy atom. The van der Waals surface area contributed by atoms with E-state index in [4.69, 9.17) is 5.73 Å². The van der Waals surface area contributed by atoms with Crippen molar-refractivity contribution in [3.8, 4) is 0 Å². The van der Waals surface area contributed by atoms with Crippen molar-refractivity contribution in [2.24, 2.45) is 11.7 Å². The van der Waals surface area contributed by atoms with Gasteiger partial charge in [0, 0.05) is 5.92 Å². The first-order valence-electron chi connectivity index (χ1n) is 4.98. The lowest BCUT2D eigenvalue weighted by Gasteiger charge is -2.10. The lowest BCUT2D eigenvalue weighted by Crippen LogP contribution is -2.24. The van der Waals surface area contributed by atoms with E-state index in [1.165, 1.54) is 11.1 Å². The van der Waals surface area contributed by atoms with Crippen LogP contribution >= 0.6 is 0 Å². The van der Waals surface area contributed by atoms with Crippen molar-refractivity contribution in [3.63, 3.8) is 0 Å². The molecule has 1 aromatic rings. The zero-order valence-electron chi connectivity index (χ0n) is 8.79. The fraction of sp³-hybridized carbons (Fsp3) is 0.417. The zero-order chi connectivity index (χ0) is 10.6. The van der Waals surface area contributed by atoms with Crippen LogP contribution in [0.3, 0.4) is 0 Å². The number of hydrogen-bond donors (Lipinski definition) is 1. The molecule has 0 saturated carbocycles.